The van der Waals surface area contributed by atoms with Crippen molar-refractivity contribution in [2.75, 3.05) is 0 Å². The molecule has 1 N–H and O–H groups in total. The van der Waals surface area contributed by atoms with Crippen molar-refractivity contribution in [3.8, 4) is 16.9 Å². The summed E-state index contributed by atoms with van der Waals surface area (Å²) in [5, 5.41) is 10.1. The van der Waals surface area contributed by atoms with Crippen LogP contribution in [-0.2, 0) is 12.8 Å². The number of ketones is 1. The van der Waals surface area contributed by atoms with E-state index in [0.717, 1.165) is 35.1 Å². The molecule has 0 unspecified atom stereocenters. The molecule has 2 aliphatic rings. The van der Waals surface area contributed by atoms with E-state index in [0.29, 0.717) is 5.56 Å². The Kier molecular flexibility index (Phi) is 1.66. The fraction of sp³-hybridized carbons (Fsp3) is 0.188. The highest BCUT2D eigenvalue weighted by atomic mass is 16.3. The van der Waals surface area contributed by atoms with Crippen molar-refractivity contribution in [3.05, 3.63) is 52.1 Å². The van der Waals surface area contributed by atoms with Gasteiger partial charge in [0.1, 0.15) is 5.75 Å². The maximum absolute atomic E-state index is 12.4. The lowest BCUT2D eigenvalue weighted by Gasteiger charge is -2.20. The van der Waals surface area contributed by atoms with Gasteiger partial charge in [-0.15, -0.1) is 0 Å². The number of hydrogen-bond acceptors (Lipinski definition) is 2. The summed E-state index contributed by atoms with van der Waals surface area (Å²) in [5.74, 6) is 0.0998. The molecule has 0 amide bonds. The first-order valence-corrected chi connectivity index (χ1v) is 6.21. The lowest BCUT2D eigenvalue weighted by atomic mass is 9.83. The van der Waals surface area contributed by atoms with Gasteiger partial charge in [0.05, 0.1) is 5.56 Å². The molecule has 0 radical (unpaired) electrons. The molecule has 0 aromatic heterocycles. The van der Waals surface area contributed by atoms with E-state index in [9.17, 15) is 9.90 Å². The number of aromatic hydroxyl groups is 1. The molecule has 88 valence electrons. The number of carbonyl (C=O) groups excluding carboxylic acids is 1. The van der Waals surface area contributed by atoms with E-state index < -0.39 is 0 Å². The zero-order valence-corrected chi connectivity index (χ0v) is 10.1. The highest BCUT2D eigenvalue weighted by Gasteiger charge is 2.35. The largest absolute Gasteiger partial charge is 0.507 e. The van der Waals surface area contributed by atoms with Crippen LogP contribution in [0, 0.1) is 6.92 Å². The van der Waals surface area contributed by atoms with E-state index in [-0.39, 0.29) is 11.5 Å². The van der Waals surface area contributed by atoms with Crippen molar-refractivity contribution in [1.29, 1.82) is 0 Å². The molecule has 0 bridgehead atoms. The summed E-state index contributed by atoms with van der Waals surface area (Å²) in [5.41, 5.74) is 6.88. The molecule has 0 saturated carbocycles. The second kappa shape index (κ2) is 3.02. The van der Waals surface area contributed by atoms with Crippen LogP contribution in [0.3, 0.4) is 0 Å². The summed E-state index contributed by atoms with van der Waals surface area (Å²) in [7, 11) is 0. The van der Waals surface area contributed by atoms with Gasteiger partial charge in [0.15, 0.2) is 5.78 Å². The normalized spacial score (nSPS) is 14.8. The van der Waals surface area contributed by atoms with Crippen LogP contribution in [0.4, 0.5) is 0 Å². The summed E-state index contributed by atoms with van der Waals surface area (Å²) < 4.78 is 0. The Morgan fingerprint density at radius 1 is 1.11 bits per heavy atom. The predicted octanol–water partition coefficient (Wildman–Crippen LogP) is 3.01. The number of aryl methyl sites for hydroxylation is 2. The van der Waals surface area contributed by atoms with Crippen LogP contribution in [0.15, 0.2) is 24.3 Å². The van der Waals surface area contributed by atoms with Crippen LogP contribution >= 0.6 is 0 Å². The Balaban J connectivity index is 2.25. The first kappa shape index (κ1) is 9.89. The maximum Gasteiger partial charge on any atom is 0.198 e. The van der Waals surface area contributed by atoms with Crippen LogP contribution in [0.25, 0.3) is 11.1 Å². The molecular weight excluding hydrogens is 224 g/mol. The van der Waals surface area contributed by atoms with Crippen LogP contribution < -0.4 is 0 Å². The average molecular weight is 236 g/mol. The average Bonchev–Trinajstić information content (AvgIpc) is 2.66. The predicted molar refractivity (Wildman–Crippen MR) is 69.1 cm³/mol. The van der Waals surface area contributed by atoms with E-state index in [2.05, 4.69) is 6.07 Å². The second-order valence-electron chi connectivity index (χ2n) is 5.11. The molecule has 2 aliphatic carbocycles. The molecule has 2 aromatic rings. The zero-order chi connectivity index (χ0) is 12.4. The Morgan fingerprint density at radius 3 is 2.78 bits per heavy atom. The first-order valence-electron chi connectivity index (χ1n) is 6.21. The Bertz CT molecular complexity index is 726. The Morgan fingerprint density at radius 2 is 1.94 bits per heavy atom. The third kappa shape index (κ3) is 0.969. The van der Waals surface area contributed by atoms with Gasteiger partial charge < -0.3 is 5.11 Å². The van der Waals surface area contributed by atoms with Crippen LogP contribution in [0.2, 0.25) is 0 Å². The number of benzene rings is 2. The molecule has 2 heteroatoms. The maximum atomic E-state index is 12.4. The molecule has 2 aromatic carbocycles. The van der Waals surface area contributed by atoms with E-state index >= 15 is 0 Å². The number of rotatable bonds is 0. The van der Waals surface area contributed by atoms with Crippen LogP contribution in [0.5, 0.6) is 5.75 Å². The Hall–Kier alpha value is -2.09. The number of hydrogen-bond donors (Lipinski definition) is 1. The SMILES string of the molecule is Cc1cc(O)c2c3c1CCc1cccc(c1-3)C2=O. The molecule has 0 saturated heterocycles. The first-order chi connectivity index (χ1) is 8.68. The molecule has 18 heavy (non-hydrogen) atoms. The van der Waals surface area contributed by atoms with Gasteiger partial charge in [-0.1, -0.05) is 18.2 Å². The molecule has 0 fully saturated rings. The molecule has 2 nitrogen and oxygen atoms in total. The van der Waals surface area contributed by atoms with E-state index in [1.807, 2.05) is 19.1 Å². The lowest BCUT2D eigenvalue weighted by Crippen LogP contribution is -2.05. The van der Waals surface area contributed by atoms with Crippen molar-refractivity contribution >= 4 is 5.78 Å². The van der Waals surface area contributed by atoms with Gasteiger partial charge >= 0.3 is 0 Å². The second-order valence-corrected chi connectivity index (χ2v) is 5.11. The van der Waals surface area contributed by atoms with Gasteiger partial charge in [-0.3, -0.25) is 4.79 Å². The minimum absolute atomic E-state index is 0.0255. The van der Waals surface area contributed by atoms with Gasteiger partial charge in [-0.05, 0) is 48.1 Å². The van der Waals surface area contributed by atoms with Crippen molar-refractivity contribution in [2.45, 2.75) is 19.8 Å². The fourth-order valence-electron chi connectivity index (χ4n) is 3.36. The zero-order valence-electron chi connectivity index (χ0n) is 10.1. The van der Waals surface area contributed by atoms with Crippen molar-refractivity contribution in [3.63, 3.8) is 0 Å². The van der Waals surface area contributed by atoms with Crippen LogP contribution in [-0.4, -0.2) is 10.9 Å². The molecule has 0 spiro atoms. The highest BCUT2D eigenvalue weighted by Crippen LogP contribution is 2.48. The van der Waals surface area contributed by atoms with Crippen LogP contribution in [0.1, 0.15) is 32.6 Å². The molecule has 0 aliphatic heterocycles. The van der Waals surface area contributed by atoms with Gasteiger partial charge in [0.25, 0.3) is 0 Å². The molecular formula is C16H12O2. The van der Waals surface area contributed by atoms with Gasteiger partial charge in [-0.2, -0.15) is 0 Å². The highest BCUT2D eigenvalue weighted by molar-refractivity contribution is 6.24. The van der Waals surface area contributed by atoms with Gasteiger partial charge in [-0.25, -0.2) is 0 Å². The Labute approximate surface area is 105 Å². The van der Waals surface area contributed by atoms with E-state index in [1.165, 1.54) is 11.1 Å². The monoisotopic (exact) mass is 236 g/mol. The molecule has 0 heterocycles. The van der Waals surface area contributed by atoms with Crippen molar-refractivity contribution < 1.29 is 9.90 Å². The van der Waals surface area contributed by atoms with Gasteiger partial charge in [0, 0.05) is 11.1 Å². The van der Waals surface area contributed by atoms with Crippen molar-refractivity contribution in [2.24, 2.45) is 0 Å². The summed E-state index contributed by atoms with van der Waals surface area (Å²) in [6.45, 7) is 2.01. The minimum atomic E-state index is -0.0255. The number of phenols is 1. The van der Waals surface area contributed by atoms with E-state index in [1.54, 1.807) is 6.07 Å². The topological polar surface area (TPSA) is 37.3 Å². The van der Waals surface area contributed by atoms with E-state index in [4.69, 9.17) is 0 Å². The third-order valence-corrected chi connectivity index (χ3v) is 4.15. The third-order valence-electron chi connectivity index (χ3n) is 4.15. The molecule has 4 rings (SSSR count). The number of phenolic OH excluding ortho intramolecular Hbond substituents is 1. The summed E-state index contributed by atoms with van der Waals surface area (Å²) >= 11 is 0. The summed E-state index contributed by atoms with van der Waals surface area (Å²) in [6.07, 6.45) is 1.94. The smallest absolute Gasteiger partial charge is 0.198 e. The van der Waals surface area contributed by atoms with Crippen molar-refractivity contribution in [1.82, 2.24) is 0 Å². The summed E-state index contributed by atoms with van der Waals surface area (Å²) in [4.78, 5) is 12.4. The minimum Gasteiger partial charge on any atom is -0.507 e. The fourth-order valence-corrected chi connectivity index (χ4v) is 3.36. The number of carbonyl (C=O) groups is 1. The van der Waals surface area contributed by atoms with Gasteiger partial charge in [0.2, 0.25) is 0 Å². The standard InChI is InChI=1S/C16H12O2/c1-8-7-12(17)15-14-10(8)6-5-9-3-2-4-11(13(9)14)16(15)18/h2-4,7,17H,5-6H2,1H3. The summed E-state index contributed by atoms with van der Waals surface area (Å²) in [6, 6.07) is 7.62. The lowest BCUT2D eigenvalue weighted by molar-refractivity contribution is 0.104. The quantitative estimate of drug-likeness (QED) is 0.651. The molecule has 0 atom stereocenters.